The van der Waals surface area contributed by atoms with Gasteiger partial charge in [0.15, 0.2) is 23.0 Å². The average molecular weight is 411 g/mol. The molecule has 2 amide bonds. The summed E-state index contributed by atoms with van der Waals surface area (Å²) in [6, 6.07) is 6.89. The third kappa shape index (κ3) is 3.13. The molecule has 3 N–H and O–H groups in total. The molecule has 0 bridgehead atoms. The molecule has 3 heterocycles. The van der Waals surface area contributed by atoms with Gasteiger partial charge in [0.05, 0.1) is 5.56 Å². The van der Waals surface area contributed by atoms with Crippen LogP contribution in [-0.4, -0.2) is 23.8 Å². The molecule has 5 rings (SSSR count). The highest BCUT2D eigenvalue weighted by Gasteiger charge is 2.26. The van der Waals surface area contributed by atoms with Crippen molar-refractivity contribution in [3.05, 3.63) is 46.0 Å². The molecule has 2 aliphatic rings. The number of nitrogens with zero attached hydrogens (tertiary/aromatic N) is 1. The first-order chi connectivity index (χ1) is 14.1. The van der Waals surface area contributed by atoms with E-state index in [1.54, 1.807) is 24.3 Å². The van der Waals surface area contributed by atoms with E-state index in [9.17, 15) is 9.59 Å². The van der Waals surface area contributed by atoms with E-state index in [2.05, 4.69) is 10.5 Å². The Labute approximate surface area is 169 Å². The summed E-state index contributed by atoms with van der Waals surface area (Å²) in [7, 11) is 0. The molecule has 0 spiro atoms. The number of aromatic nitrogens is 1. The maximum atomic E-state index is 12.7. The second-order valence-electron chi connectivity index (χ2n) is 6.88. The number of carbonyl (C=O) groups excluding carboxylic acids is 2. The molecule has 148 valence electrons. The highest BCUT2D eigenvalue weighted by atomic mass is 32.1. The number of hydrogen-bond acceptors (Lipinski definition) is 7. The van der Waals surface area contributed by atoms with Crippen LogP contribution in [-0.2, 0) is 12.8 Å². The van der Waals surface area contributed by atoms with Crippen molar-refractivity contribution in [3.63, 3.8) is 0 Å². The topological polar surface area (TPSA) is 117 Å². The number of fused-ring (bicyclic) bond motifs is 2. The fourth-order valence-corrected chi connectivity index (χ4v) is 4.94. The minimum Gasteiger partial charge on any atom is -0.454 e. The summed E-state index contributed by atoms with van der Waals surface area (Å²) in [5.41, 5.74) is 7.78. The summed E-state index contributed by atoms with van der Waals surface area (Å²) in [5, 5.41) is 7.13. The van der Waals surface area contributed by atoms with Crippen LogP contribution in [0.15, 0.2) is 28.8 Å². The van der Waals surface area contributed by atoms with E-state index in [0.29, 0.717) is 33.4 Å². The predicted molar refractivity (Wildman–Crippen MR) is 105 cm³/mol. The second kappa shape index (κ2) is 6.93. The minimum atomic E-state index is -0.527. The molecule has 0 radical (unpaired) electrons. The van der Waals surface area contributed by atoms with Crippen LogP contribution < -0.4 is 20.5 Å². The van der Waals surface area contributed by atoms with Crippen LogP contribution in [0, 0.1) is 0 Å². The van der Waals surface area contributed by atoms with Gasteiger partial charge in [0.2, 0.25) is 6.79 Å². The lowest BCUT2D eigenvalue weighted by Crippen LogP contribution is -2.18. The van der Waals surface area contributed by atoms with Gasteiger partial charge >= 0.3 is 0 Å². The summed E-state index contributed by atoms with van der Waals surface area (Å²) in [6.45, 7) is 0.176. The molecule has 1 aliphatic heterocycles. The molecule has 0 saturated carbocycles. The standard InChI is InChI=1S/C20H17N3O5S/c21-18(24)17-11-3-1-2-4-16(11)29-20(17)22-19(25)12-8-14(28-23-12)10-5-6-13-15(7-10)27-9-26-13/h5-8H,1-4,9H2,(H2,21,24)(H,22,25). The fourth-order valence-electron chi connectivity index (χ4n) is 3.65. The van der Waals surface area contributed by atoms with Crippen LogP contribution in [0.4, 0.5) is 5.00 Å². The highest BCUT2D eigenvalue weighted by molar-refractivity contribution is 7.17. The number of rotatable bonds is 4. The molecule has 1 aliphatic carbocycles. The number of nitrogens with one attached hydrogen (secondary N) is 1. The number of amides is 2. The van der Waals surface area contributed by atoms with Gasteiger partial charge in [-0.1, -0.05) is 5.16 Å². The lowest BCUT2D eigenvalue weighted by molar-refractivity contribution is 0.100. The first-order valence-corrected chi connectivity index (χ1v) is 10.0. The lowest BCUT2D eigenvalue weighted by Gasteiger charge is -2.11. The van der Waals surface area contributed by atoms with Crippen molar-refractivity contribution in [2.24, 2.45) is 5.73 Å². The predicted octanol–water partition coefficient (Wildman–Crippen LogP) is 3.36. The fraction of sp³-hybridized carbons (Fsp3) is 0.250. The van der Waals surface area contributed by atoms with E-state index >= 15 is 0 Å². The van der Waals surface area contributed by atoms with E-state index in [1.165, 1.54) is 11.3 Å². The Balaban J connectivity index is 1.40. The van der Waals surface area contributed by atoms with Crippen molar-refractivity contribution < 1.29 is 23.6 Å². The Morgan fingerprint density at radius 3 is 2.79 bits per heavy atom. The average Bonchev–Trinajstić information content (AvgIpc) is 3.44. The molecular formula is C20H17N3O5S. The van der Waals surface area contributed by atoms with Gasteiger partial charge in [0.25, 0.3) is 11.8 Å². The Kier molecular flexibility index (Phi) is 4.24. The van der Waals surface area contributed by atoms with E-state index in [-0.39, 0.29) is 12.5 Å². The summed E-state index contributed by atoms with van der Waals surface area (Å²) >= 11 is 1.41. The van der Waals surface area contributed by atoms with Crippen LogP contribution in [0.1, 0.15) is 44.1 Å². The summed E-state index contributed by atoms with van der Waals surface area (Å²) in [5.74, 6) is 0.712. The smallest absolute Gasteiger partial charge is 0.278 e. The third-order valence-corrected chi connectivity index (χ3v) is 6.25. The third-order valence-electron chi connectivity index (χ3n) is 5.04. The van der Waals surface area contributed by atoms with Gasteiger partial charge in [-0.2, -0.15) is 0 Å². The summed E-state index contributed by atoms with van der Waals surface area (Å²) in [6.07, 6.45) is 3.79. The van der Waals surface area contributed by atoms with Gasteiger partial charge in [-0.25, -0.2) is 0 Å². The van der Waals surface area contributed by atoms with Crippen molar-refractivity contribution in [2.75, 3.05) is 12.1 Å². The molecule has 29 heavy (non-hydrogen) atoms. The van der Waals surface area contributed by atoms with E-state index < -0.39 is 11.8 Å². The quantitative estimate of drug-likeness (QED) is 0.680. The SMILES string of the molecule is NC(=O)c1c(NC(=O)c2cc(-c3ccc4c(c3)OCO4)on2)sc2c1CCCC2. The highest BCUT2D eigenvalue weighted by Crippen LogP contribution is 2.39. The number of thiophene rings is 1. The van der Waals surface area contributed by atoms with Crippen LogP contribution in [0.25, 0.3) is 11.3 Å². The Morgan fingerprint density at radius 2 is 1.93 bits per heavy atom. The van der Waals surface area contributed by atoms with Crippen LogP contribution in [0.2, 0.25) is 0 Å². The molecule has 9 heteroatoms. The van der Waals surface area contributed by atoms with Crippen LogP contribution in [0.3, 0.4) is 0 Å². The Morgan fingerprint density at radius 1 is 1.10 bits per heavy atom. The van der Waals surface area contributed by atoms with Crippen molar-refractivity contribution in [3.8, 4) is 22.8 Å². The number of anilines is 1. The molecule has 0 atom stereocenters. The molecule has 2 aromatic heterocycles. The van der Waals surface area contributed by atoms with E-state index in [4.69, 9.17) is 19.7 Å². The lowest BCUT2D eigenvalue weighted by atomic mass is 9.95. The Hall–Kier alpha value is -3.33. The van der Waals surface area contributed by atoms with Crippen LogP contribution >= 0.6 is 11.3 Å². The summed E-state index contributed by atoms with van der Waals surface area (Å²) in [4.78, 5) is 25.8. The van der Waals surface area contributed by atoms with Crippen molar-refractivity contribution >= 4 is 28.2 Å². The van der Waals surface area contributed by atoms with Crippen molar-refractivity contribution in [1.29, 1.82) is 0 Å². The Bertz CT molecular complexity index is 1130. The maximum Gasteiger partial charge on any atom is 0.278 e. The number of nitrogens with two attached hydrogens (primary N) is 1. The van der Waals surface area contributed by atoms with Crippen LogP contribution in [0.5, 0.6) is 11.5 Å². The number of ether oxygens (including phenoxy) is 2. The second-order valence-corrected chi connectivity index (χ2v) is 7.98. The maximum absolute atomic E-state index is 12.7. The molecule has 0 saturated heterocycles. The van der Waals surface area contributed by atoms with Gasteiger partial charge in [0, 0.05) is 16.5 Å². The monoisotopic (exact) mass is 411 g/mol. The zero-order valence-corrected chi connectivity index (χ0v) is 16.1. The van der Waals surface area contributed by atoms with Gasteiger partial charge < -0.3 is 25.0 Å². The molecule has 8 nitrogen and oxygen atoms in total. The molecule has 0 unspecified atom stereocenters. The number of aryl methyl sites for hydroxylation is 1. The van der Waals surface area contributed by atoms with E-state index in [1.807, 2.05) is 0 Å². The first-order valence-electron chi connectivity index (χ1n) is 9.22. The molecule has 1 aromatic carbocycles. The number of primary amides is 1. The van der Waals surface area contributed by atoms with Gasteiger partial charge in [-0.15, -0.1) is 11.3 Å². The zero-order valence-electron chi connectivity index (χ0n) is 15.3. The molecule has 0 fully saturated rings. The largest absolute Gasteiger partial charge is 0.454 e. The van der Waals surface area contributed by atoms with E-state index in [0.717, 1.165) is 36.1 Å². The number of hydrogen-bond donors (Lipinski definition) is 2. The summed E-state index contributed by atoms with van der Waals surface area (Å²) < 4.78 is 16.0. The number of benzene rings is 1. The normalized spacial score (nSPS) is 14.5. The van der Waals surface area contributed by atoms with Gasteiger partial charge in [0.1, 0.15) is 5.00 Å². The minimum absolute atomic E-state index is 0.111. The van der Waals surface area contributed by atoms with Gasteiger partial charge in [-0.05, 0) is 49.4 Å². The van der Waals surface area contributed by atoms with Crippen molar-refractivity contribution in [2.45, 2.75) is 25.7 Å². The first kappa shape index (κ1) is 17.7. The molecule has 3 aromatic rings. The zero-order chi connectivity index (χ0) is 20.0. The van der Waals surface area contributed by atoms with Gasteiger partial charge in [-0.3, -0.25) is 9.59 Å². The molecular weight excluding hydrogens is 394 g/mol. The number of carbonyl (C=O) groups is 2. The van der Waals surface area contributed by atoms with Crippen molar-refractivity contribution in [1.82, 2.24) is 5.16 Å².